The number of anilines is 1. The number of amides is 4. The number of rotatable bonds is 10. The summed E-state index contributed by atoms with van der Waals surface area (Å²) in [7, 11) is 0. The van der Waals surface area contributed by atoms with Gasteiger partial charge in [0.25, 0.3) is 11.8 Å². The quantitative estimate of drug-likeness (QED) is 0.137. The van der Waals surface area contributed by atoms with Crippen LogP contribution in [0.3, 0.4) is 0 Å². The highest BCUT2D eigenvalue weighted by Gasteiger charge is 2.37. The number of imide groups is 2. The van der Waals surface area contributed by atoms with Gasteiger partial charge in [0.15, 0.2) is 11.5 Å². The van der Waals surface area contributed by atoms with E-state index < -0.39 is 17.8 Å². The number of barbiturate groups is 1. The molecule has 4 aromatic rings. The SMILES string of the molecule is CCOc1cc(COc2ccc(Br)cc2/C=C2/C(=O)NC(=O)N(c3cccc(Cl)c3C)C2=O)ccc1OCc1ccccc1. The normalized spacial score (nSPS) is 14.0. The molecular weight excluding hydrogens is 648 g/mol. The van der Waals surface area contributed by atoms with Gasteiger partial charge in [0.05, 0.1) is 12.3 Å². The topological polar surface area (TPSA) is 94.2 Å². The molecule has 1 fully saturated rings. The summed E-state index contributed by atoms with van der Waals surface area (Å²) < 4.78 is 18.7. The third kappa shape index (κ3) is 6.96. The van der Waals surface area contributed by atoms with Gasteiger partial charge >= 0.3 is 6.03 Å². The third-order valence-electron chi connectivity index (χ3n) is 6.79. The van der Waals surface area contributed by atoms with Gasteiger partial charge < -0.3 is 14.2 Å². The highest BCUT2D eigenvalue weighted by Crippen LogP contribution is 2.33. The van der Waals surface area contributed by atoms with E-state index >= 15 is 0 Å². The van der Waals surface area contributed by atoms with Crippen LogP contribution in [0.4, 0.5) is 10.5 Å². The summed E-state index contributed by atoms with van der Waals surface area (Å²) in [5, 5.41) is 2.63. The third-order valence-corrected chi connectivity index (χ3v) is 7.70. The number of benzene rings is 4. The smallest absolute Gasteiger partial charge is 0.335 e. The number of carbonyl (C=O) groups excluding carboxylic acids is 3. The second-order valence-electron chi connectivity index (χ2n) is 9.80. The van der Waals surface area contributed by atoms with Crippen molar-refractivity contribution in [2.45, 2.75) is 27.1 Å². The molecule has 5 rings (SSSR count). The van der Waals surface area contributed by atoms with Crippen LogP contribution in [0.5, 0.6) is 17.2 Å². The highest BCUT2D eigenvalue weighted by molar-refractivity contribution is 9.10. The molecule has 0 bridgehead atoms. The Bertz CT molecular complexity index is 1760. The summed E-state index contributed by atoms with van der Waals surface area (Å²) in [6.45, 7) is 4.62. The number of urea groups is 1. The number of hydrogen-bond acceptors (Lipinski definition) is 6. The summed E-state index contributed by atoms with van der Waals surface area (Å²) >= 11 is 9.69. The van der Waals surface area contributed by atoms with Gasteiger partial charge in [-0.05, 0) is 79.1 Å². The molecule has 10 heteroatoms. The van der Waals surface area contributed by atoms with Crippen LogP contribution in [-0.4, -0.2) is 24.5 Å². The summed E-state index contributed by atoms with van der Waals surface area (Å²) in [6.07, 6.45) is 1.41. The van der Waals surface area contributed by atoms with E-state index in [1.807, 2.05) is 55.5 Å². The van der Waals surface area contributed by atoms with Crippen molar-refractivity contribution in [2.24, 2.45) is 0 Å². The molecule has 0 aliphatic carbocycles. The van der Waals surface area contributed by atoms with E-state index in [1.165, 1.54) is 6.08 Å². The average molecular weight is 676 g/mol. The lowest BCUT2D eigenvalue weighted by molar-refractivity contribution is -0.122. The number of nitrogens with zero attached hydrogens (tertiary/aromatic N) is 1. The zero-order chi connectivity index (χ0) is 31.2. The highest BCUT2D eigenvalue weighted by atomic mass is 79.9. The van der Waals surface area contributed by atoms with Gasteiger partial charge in [0.1, 0.15) is 24.5 Å². The van der Waals surface area contributed by atoms with E-state index in [0.29, 0.717) is 51.1 Å². The number of hydrogen-bond donors (Lipinski definition) is 1. The van der Waals surface area contributed by atoms with Gasteiger partial charge in [0.2, 0.25) is 0 Å². The van der Waals surface area contributed by atoms with Crippen LogP contribution < -0.4 is 24.4 Å². The number of ether oxygens (including phenoxy) is 3. The second-order valence-corrected chi connectivity index (χ2v) is 11.1. The fourth-order valence-electron chi connectivity index (χ4n) is 4.56. The number of halogens is 2. The Morgan fingerprint density at radius 1 is 0.818 bits per heavy atom. The zero-order valence-electron chi connectivity index (χ0n) is 23.9. The minimum absolute atomic E-state index is 0.170. The molecular formula is C34H28BrClN2O6. The van der Waals surface area contributed by atoms with Crippen LogP contribution >= 0.6 is 27.5 Å². The lowest BCUT2D eigenvalue weighted by Crippen LogP contribution is -2.54. The summed E-state index contributed by atoms with van der Waals surface area (Å²) in [5.74, 6) is 0.0421. The molecule has 0 atom stereocenters. The van der Waals surface area contributed by atoms with E-state index in [-0.39, 0.29) is 17.9 Å². The summed E-state index contributed by atoms with van der Waals surface area (Å²) in [6, 6.07) is 24.7. The monoisotopic (exact) mass is 674 g/mol. The zero-order valence-corrected chi connectivity index (χ0v) is 26.3. The van der Waals surface area contributed by atoms with Crippen LogP contribution in [0.1, 0.15) is 29.2 Å². The molecule has 1 N–H and O–H groups in total. The molecule has 0 aromatic heterocycles. The first-order valence-corrected chi connectivity index (χ1v) is 14.9. The van der Waals surface area contributed by atoms with Crippen molar-refractivity contribution in [2.75, 3.05) is 11.5 Å². The molecule has 0 spiro atoms. The molecule has 4 amide bonds. The van der Waals surface area contributed by atoms with Crippen molar-refractivity contribution in [3.63, 3.8) is 0 Å². The molecule has 1 heterocycles. The molecule has 8 nitrogen and oxygen atoms in total. The lowest BCUT2D eigenvalue weighted by atomic mass is 10.0. The van der Waals surface area contributed by atoms with Crippen molar-refractivity contribution in [3.05, 3.63) is 122 Å². The van der Waals surface area contributed by atoms with E-state index in [9.17, 15) is 14.4 Å². The molecule has 1 aliphatic rings. The molecule has 0 radical (unpaired) electrons. The fourth-order valence-corrected chi connectivity index (χ4v) is 5.11. The maximum absolute atomic E-state index is 13.5. The van der Waals surface area contributed by atoms with Crippen molar-refractivity contribution < 1.29 is 28.6 Å². The van der Waals surface area contributed by atoms with Gasteiger partial charge in [-0.15, -0.1) is 0 Å². The average Bonchev–Trinajstić information content (AvgIpc) is 3.01. The first-order valence-electron chi connectivity index (χ1n) is 13.8. The van der Waals surface area contributed by atoms with Crippen molar-refractivity contribution in [1.82, 2.24) is 5.32 Å². The van der Waals surface area contributed by atoms with Crippen molar-refractivity contribution in [1.29, 1.82) is 0 Å². The van der Waals surface area contributed by atoms with Crippen LogP contribution in [0, 0.1) is 6.92 Å². The Morgan fingerprint density at radius 2 is 1.55 bits per heavy atom. The van der Waals surface area contributed by atoms with E-state index in [2.05, 4.69) is 21.2 Å². The molecule has 224 valence electrons. The summed E-state index contributed by atoms with van der Waals surface area (Å²) in [4.78, 5) is 40.0. The second kappa shape index (κ2) is 13.8. The first-order chi connectivity index (χ1) is 21.2. The Labute approximate surface area is 268 Å². The Balaban J connectivity index is 1.38. The minimum Gasteiger partial charge on any atom is -0.490 e. The molecule has 1 aliphatic heterocycles. The maximum Gasteiger partial charge on any atom is 0.335 e. The minimum atomic E-state index is -0.852. The van der Waals surface area contributed by atoms with Crippen molar-refractivity contribution >= 4 is 57.1 Å². The predicted molar refractivity (Wildman–Crippen MR) is 172 cm³/mol. The number of nitrogens with one attached hydrogen (secondary N) is 1. The molecule has 4 aromatic carbocycles. The first kappa shape index (κ1) is 30.8. The van der Waals surface area contributed by atoms with Crippen LogP contribution in [0.25, 0.3) is 6.08 Å². The fraction of sp³-hybridized carbons (Fsp3) is 0.147. The van der Waals surface area contributed by atoms with Gasteiger partial charge in [0, 0.05) is 15.1 Å². The Hall–Kier alpha value is -4.60. The maximum atomic E-state index is 13.5. The van der Waals surface area contributed by atoms with Gasteiger partial charge in [-0.3, -0.25) is 14.9 Å². The van der Waals surface area contributed by atoms with Crippen LogP contribution in [0.15, 0.2) is 95.0 Å². The molecule has 44 heavy (non-hydrogen) atoms. The van der Waals surface area contributed by atoms with E-state index in [0.717, 1.165) is 16.0 Å². The van der Waals surface area contributed by atoms with Gasteiger partial charge in [-0.1, -0.05) is 70.0 Å². The molecule has 0 unspecified atom stereocenters. The standard InChI is InChI=1S/C34H28BrClN2O6/c1-3-42-31-16-23(12-14-30(31)44-19-22-8-5-4-6-9-22)20-43-29-15-13-25(35)17-24(29)18-26-32(39)37-34(41)38(33(26)40)28-11-7-10-27(36)21(28)2/h4-18H,3,19-20H2,1-2H3,(H,37,39,41)/b26-18-. The van der Waals surface area contributed by atoms with Gasteiger partial charge in [-0.25, -0.2) is 9.69 Å². The van der Waals surface area contributed by atoms with Crippen LogP contribution in [-0.2, 0) is 22.8 Å². The largest absolute Gasteiger partial charge is 0.490 e. The number of carbonyl (C=O) groups is 3. The van der Waals surface area contributed by atoms with Crippen molar-refractivity contribution in [3.8, 4) is 17.2 Å². The molecule has 0 saturated carbocycles. The van der Waals surface area contributed by atoms with Crippen LogP contribution in [0.2, 0.25) is 5.02 Å². The summed E-state index contributed by atoms with van der Waals surface area (Å²) in [5.41, 5.74) is 2.90. The Morgan fingerprint density at radius 3 is 2.32 bits per heavy atom. The predicted octanol–water partition coefficient (Wildman–Crippen LogP) is 7.63. The van der Waals surface area contributed by atoms with E-state index in [1.54, 1.807) is 43.3 Å². The molecule has 1 saturated heterocycles. The Kier molecular flexibility index (Phi) is 9.67. The van der Waals surface area contributed by atoms with Gasteiger partial charge in [-0.2, -0.15) is 0 Å². The van der Waals surface area contributed by atoms with E-state index in [4.69, 9.17) is 25.8 Å². The lowest BCUT2D eigenvalue weighted by Gasteiger charge is -2.28.